The van der Waals surface area contributed by atoms with Gasteiger partial charge in [-0.2, -0.15) is 0 Å². The molecule has 1 aromatic carbocycles. The lowest BCUT2D eigenvalue weighted by atomic mass is 10.0. The standard InChI is InChI=1S/C9H11NO/c1-7-4-3-5-8(2)9(7)6-10-11/h3-6,11H,1-2H3/b10-6+. The molecule has 2 nitrogen and oxygen atoms in total. The molecule has 0 spiro atoms. The van der Waals surface area contributed by atoms with Gasteiger partial charge in [-0.25, -0.2) is 0 Å². The molecule has 2 heteroatoms. The molecular formula is C9H11NO. The van der Waals surface area contributed by atoms with Gasteiger partial charge in [0.1, 0.15) is 0 Å². The first-order valence-electron chi connectivity index (χ1n) is 3.49. The Labute approximate surface area is 66.2 Å². The number of oxime groups is 1. The molecule has 0 saturated carbocycles. The van der Waals surface area contributed by atoms with Gasteiger partial charge in [-0.15, -0.1) is 0 Å². The Morgan fingerprint density at radius 3 is 2.27 bits per heavy atom. The van der Waals surface area contributed by atoms with Gasteiger partial charge in [0, 0.05) is 5.56 Å². The van der Waals surface area contributed by atoms with Gasteiger partial charge in [0.15, 0.2) is 0 Å². The fraction of sp³-hybridized carbons (Fsp3) is 0.222. The average Bonchev–Trinajstić information content (AvgIpc) is 1.97. The molecule has 58 valence electrons. The molecule has 0 aromatic heterocycles. The minimum Gasteiger partial charge on any atom is -0.411 e. The van der Waals surface area contributed by atoms with Crippen molar-refractivity contribution < 1.29 is 5.21 Å². The third-order valence-corrected chi connectivity index (χ3v) is 1.73. The Bertz CT molecular complexity index is 259. The monoisotopic (exact) mass is 149 g/mol. The summed E-state index contributed by atoms with van der Waals surface area (Å²) in [6, 6.07) is 5.97. The molecule has 0 radical (unpaired) electrons. The predicted octanol–water partition coefficient (Wildman–Crippen LogP) is 2.11. The van der Waals surface area contributed by atoms with Crippen LogP contribution in [0.2, 0.25) is 0 Å². The summed E-state index contributed by atoms with van der Waals surface area (Å²) in [5.74, 6) is 0. The van der Waals surface area contributed by atoms with Crippen LogP contribution in [0.3, 0.4) is 0 Å². The third kappa shape index (κ3) is 1.58. The zero-order valence-electron chi connectivity index (χ0n) is 6.70. The zero-order valence-corrected chi connectivity index (χ0v) is 6.70. The maximum atomic E-state index is 8.34. The molecule has 0 unspecified atom stereocenters. The van der Waals surface area contributed by atoms with E-state index in [9.17, 15) is 0 Å². The van der Waals surface area contributed by atoms with Gasteiger partial charge in [-0.1, -0.05) is 23.4 Å². The summed E-state index contributed by atoms with van der Waals surface area (Å²) in [5.41, 5.74) is 3.25. The van der Waals surface area contributed by atoms with Crippen LogP contribution in [-0.2, 0) is 0 Å². The number of hydrogen-bond acceptors (Lipinski definition) is 2. The van der Waals surface area contributed by atoms with E-state index in [4.69, 9.17) is 5.21 Å². The Hall–Kier alpha value is -1.31. The molecular weight excluding hydrogens is 138 g/mol. The number of benzene rings is 1. The Balaban J connectivity index is 3.20. The zero-order chi connectivity index (χ0) is 8.27. The molecule has 0 amide bonds. The van der Waals surface area contributed by atoms with Crippen molar-refractivity contribution in [2.75, 3.05) is 0 Å². The summed E-state index contributed by atoms with van der Waals surface area (Å²) < 4.78 is 0. The Morgan fingerprint density at radius 2 is 1.82 bits per heavy atom. The molecule has 1 rings (SSSR count). The number of aryl methyl sites for hydroxylation is 2. The molecule has 0 aliphatic heterocycles. The third-order valence-electron chi connectivity index (χ3n) is 1.73. The summed E-state index contributed by atoms with van der Waals surface area (Å²) in [7, 11) is 0. The van der Waals surface area contributed by atoms with Crippen LogP contribution in [0.1, 0.15) is 16.7 Å². The SMILES string of the molecule is Cc1cccc(C)c1/C=N/O. The van der Waals surface area contributed by atoms with Gasteiger partial charge in [0.25, 0.3) is 0 Å². The molecule has 11 heavy (non-hydrogen) atoms. The highest BCUT2D eigenvalue weighted by atomic mass is 16.4. The first-order chi connectivity index (χ1) is 5.25. The lowest BCUT2D eigenvalue weighted by Gasteiger charge is -2.01. The van der Waals surface area contributed by atoms with Gasteiger partial charge in [0.05, 0.1) is 6.21 Å². The molecule has 0 bridgehead atoms. The van der Waals surface area contributed by atoms with Gasteiger partial charge < -0.3 is 5.21 Å². The van der Waals surface area contributed by atoms with E-state index < -0.39 is 0 Å². The van der Waals surface area contributed by atoms with E-state index in [1.807, 2.05) is 32.0 Å². The van der Waals surface area contributed by atoms with Gasteiger partial charge in [-0.05, 0) is 25.0 Å². The van der Waals surface area contributed by atoms with E-state index in [0.29, 0.717) is 0 Å². The smallest absolute Gasteiger partial charge is 0.0739 e. The molecule has 0 heterocycles. The van der Waals surface area contributed by atoms with Crippen LogP contribution in [0, 0.1) is 13.8 Å². The lowest BCUT2D eigenvalue weighted by Crippen LogP contribution is -1.90. The molecule has 1 N–H and O–H groups in total. The van der Waals surface area contributed by atoms with Crippen LogP contribution < -0.4 is 0 Å². The molecule has 0 aliphatic rings. The van der Waals surface area contributed by atoms with E-state index in [0.717, 1.165) is 16.7 Å². The number of nitrogens with zero attached hydrogens (tertiary/aromatic N) is 1. The van der Waals surface area contributed by atoms with E-state index in [-0.39, 0.29) is 0 Å². The van der Waals surface area contributed by atoms with Crippen molar-refractivity contribution in [2.24, 2.45) is 5.16 Å². The van der Waals surface area contributed by atoms with E-state index in [1.165, 1.54) is 6.21 Å². The van der Waals surface area contributed by atoms with Crippen LogP contribution in [0.25, 0.3) is 0 Å². The normalized spacial score (nSPS) is 10.7. The maximum absolute atomic E-state index is 8.34. The fourth-order valence-corrected chi connectivity index (χ4v) is 1.09. The highest BCUT2D eigenvalue weighted by Crippen LogP contribution is 2.09. The van der Waals surface area contributed by atoms with E-state index in [2.05, 4.69) is 5.16 Å². The van der Waals surface area contributed by atoms with Gasteiger partial charge in [0.2, 0.25) is 0 Å². The molecule has 1 aromatic rings. The summed E-state index contributed by atoms with van der Waals surface area (Å²) >= 11 is 0. The molecule has 0 saturated heterocycles. The van der Waals surface area contributed by atoms with Crippen LogP contribution in [0.4, 0.5) is 0 Å². The van der Waals surface area contributed by atoms with Crippen molar-refractivity contribution in [1.29, 1.82) is 0 Å². The van der Waals surface area contributed by atoms with Crippen molar-refractivity contribution in [1.82, 2.24) is 0 Å². The van der Waals surface area contributed by atoms with Crippen molar-refractivity contribution in [3.05, 3.63) is 34.9 Å². The minimum absolute atomic E-state index is 0.995. The Morgan fingerprint density at radius 1 is 1.27 bits per heavy atom. The predicted molar refractivity (Wildman–Crippen MR) is 45.3 cm³/mol. The molecule has 0 fully saturated rings. The van der Waals surface area contributed by atoms with E-state index in [1.54, 1.807) is 0 Å². The van der Waals surface area contributed by atoms with Crippen molar-refractivity contribution in [2.45, 2.75) is 13.8 Å². The quantitative estimate of drug-likeness (QED) is 0.370. The maximum Gasteiger partial charge on any atom is 0.0739 e. The second-order valence-corrected chi connectivity index (χ2v) is 2.55. The van der Waals surface area contributed by atoms with Gasteiger partial charge >= 0.3 is 0 Å². The second kappa shape index (κ2) is 3.19. The second-order valence-electron chi connectivity index (χ2n) is 2.55. The highest BCUT2D eigenvalue weighted by Gasteiger charge is 1.96. The molecule has 0 aliphatic carbocycles. The fourth-order valence-electron chi connectivity index (χ4n) is 1.09. The van der Waals surface area contributed by atoms with E-state index >= 15 is 0 Å². The lowest BCUT2D eigenvalue weighted by molar-refractivity contribution is 0.322. The number of rotatable bonds is 1. The summed E-state index contributed by atoms with van der Waals surface area (Å²) in [5, 5.41) is 11.3. The average molecular weight is 149 g/mol. The largest absolute Gasteiger partial charge is 0.411 e. The Kier molecular flexibility index (Phi) is 2.26. The minimum atomic E-state index is 0.995. The summed E-state index contributed by atoms with van der Waals surface area (Å²) in [6.45, 7) is 3.98. The summed E-state index contributed by atoms with van der Waals surface area (Å²) in [4.78, 5) is 0. The van der Waals surface area contributed by atoms with Crippen molar-refractivity contribution >= 4 is 6.21 Å². The van der Waals surface area contributed by atoms with Crippen LogP contribution in [0.15, 0.2) is 23.4 Å². The first-order valence-corrected chi connectivity index (χ1v) is 3.49. The van der Waals surface area contributed by atoms with Crippen LogP contribution >= 0.6 is 0 Å². The van der Waals surface area contributed by atoms with Crippen molar-refractivity contribution in [3.8, 4) is 0 Å². The topological polar surface area (TPSA) is 32.6 Å². The van der Waals surface area contributed by atoms with Gasteiger partial charge in [-0.3, -0.25) is 0 Å². The highest BCUT2D eigenvalue weighted by molar-refractivity contribution is 5.83. The number of hydrogen-bond donors (Lipinski definition) is 1. The summed E-state index contributed by atoms with van der Waals surface area (Å²) in [6.07, 6.45) is 1.46. The van der Waals surface area contributed by atoms with Crippen LogP contribution in [0.5, 0.6) is 0 Å². The van der Waals surface area contributed by atoms with Crippen LogP contribution in [-0.4, -0.2) is 11.4 Å². The first kappa shape index (κ1) is 7.79. The van der Waals surface area contributed by atoms with Crippen molar-refractivity contribution in [3.63, 3.8) is 0 Å². The molecule has 0 atom stereocenters.